The maximum Gasteiger partial charge on any atom is 0.218 e. The van der Waals surface area contributed by atoms with Gasteiger partial charge in [-0.15, -0.1) is 11.3 Å². The van der Waals surface area contributed by atoms with Gasteiger partial charge in [0.1, 0.15) is 16.5 Å². The van der Waals surface area contributed by atoms with Crippen molar-refractivity contribution in [3.05, 3.63) is 52.2 Å². The first-order valence-electron chi connectivity index (χ1n) is 12.0. The van der Waals surface area contributed by atoms with Crippen LogP contribution >= 0.6 is 11.3 Å². The molecule has 0 amide bonds. The van der Waals surface area contributed by atoms with Crippen molar-refractivity contribution in [3.8, 4) is 0 Å². The van der Waals surface area contributed by atoms with Gasteiger partial charge in [0.05, 0.1) is 11.1 Å². The minimum atomic E-state index is -3.33. The molecule has 1 saturated heterocycles. The molecule has 176 valence electrons. The first-order chi connectivity index (χ1) is 15.9. The molecule has 0 spiro atoms. The summed E-state index contributed by atoms with van der Waals surface area (Å²) in [4.78, 5) is 14.8. The van der Waals surface area contributed by atoms with Gasteiger partial charge >= 0.3 is 0 Å². The molecule has 1 aliphatic carbocycles. The number of hydrogen-bond acceptors (Lipinski definition) is 6. The van der Waals surface area contributed by atoms with Gasteiger partial charge in [0.2, 0.25) is 10.0 Å². The summed E-state index contributed by atoms with van der Waals surface area (Å²) in [6.45, 7) is 6.79. The third-order valence-corrected chi connectivity index (χ3v) is 9.78. The molecule has 0 radical (unpaired) electrons. The summed E-state index contributed by atoms with van der Waals surface area (Å²) in [6, 6.07) is 9.44. The smallest absolute Gasteiger partial charge is 0.218 e. The Kier molecular flexibility index (Phi) is 6.42. The standard InChI is InChI=1S/C25H32N4O2S2/c1-3-7-22-26-24(23-20-11-10-18(2)16-21(20)32-25(23)27-22)28-12-14-29(15-13-28)33(30,31)17-19-8-5-4-6-9-19/h4-6,8-9,18H,3,7,10-17H2,1-2H3. The molecule has 8 heteroatoms. The largest absolute Gasteiger partial charge is 0.353 e. The van der Waals surface area contributed by atoms with Crippen LogP contribution in [0.1, 0.15) is 48.5 Å². The monoisotopic (exact) mass is 484 g/mol. The third-order valence-electron chi connectivity index (χ3n) is 6.78. The molecule has 0 saturated carbocycles. The number of aryl methyl sites for hydroxylation is 2. The van der Waals surface area contributed by atoms with Gasteiger partial charge in [-0.05, 0) is 42.7 Å². The molecular weight excluding hydrogens is 452 g/mol. The highest BCUT2D eigenvalue weighted by Gasteiger charge is 2.31. The second kappa shape index (κ2) is 9.31. The Morgan fingerprint density at radius 2 is 1.85 bits per heavy atom. The van der Waals surface area contributed by atoms with E-state index in [9.17, 15) is 8.42 Å². The zero-order valence-electron chi connectivity index (χ0n) is 19.5. The summed E-state index contributed by atoms with van der Waals surface area (Å²) in [5.41, 5.74) is 2.27. The first-order valence-corrected chi connectivity index (χ1v) is 14.4. The number of fused-ring (bicyclic) bond motifs is 3. The van der Waals surface area contributed by atoms with Crippen molar-refractivity contribution in [2.75, 3.05) is 31.1 Å². The van der Waals surface area contributed by atoms with E-state index in [1.165, 1.54) is 22.2 Å². The van der Waals surface area contributed by atoms with Crippen molar-refractivity contribution in [2.24, 2.45) is 5.92 Å². The van der Waals surface area contributed by atoms with Gasteiger partial charge in [0.25, 0.3) is 0 Å². The summed E-state index contributed by atoms with van der Waals surface area (Å²) in [5.74, 6) is 2.71. The predicted molar refractivity (Wildman–Crippen MR) is 135 cm³/mol. The maximum absolute atomic E-state index is 13.0. The SMILES string of the molecule is CCCc1nc(N2CCN(S(=O)(=O)Cc3ccccc3)CC2)c2c3c(sc2n1)CC(C)CC3. The number of nitrogens with zero attached hydrogens (tertiary/aromatic N) is 4. The summed E-state index contributed by atoms with van der Waals surface area (Å²) >= 11 is 1.84. The normalized spacial score (nSPS) is 19.7. The van der Waals surface area contributed by atoms with Crippen LogP contribution in [0.25, 0.3) is 10.2 Å². The van der Waals surface area contributed by atoms with Gasteiger partial charge in [-0.25, -0.2) is 18.4 Å². The van der Waals surface area contributed by atoms with E-state index in [-0.39, 0.29) is 5.75 Å². The number of rotatable bonds is 6. The van der Waals surface area contributed by atoms with Gasteiger partial charge in [0.15, 0.2) is 0 Å². The molecular formula is C25H32N4O2S2. The molecule has 1 unspecified atom stereocenters. The average Bonchev–Trinajstić information content (AvgIpc) is 3.16. The zero-order valence-corrected chi connectivity index (χ0v) is 21.1. The van der Waals surface area contributed by atoms with Crippen LogP contribution in [0.15, 0.2) is 30.3 Å². The van der Waals surface area contributed by atoms with E-state index < -0.39 is 10.0 Å². The Morgan fingerprint density at radius 3 is 2.58 bits per heavy atom. The molecule has 1 aliphatic heterocycles. The van der Waals surface area contributed by atoms with Crippen molar-refractivity contribution >= 4 is 37.4 Å². The zero-order chi connectivity index (χ0) is 23.0. The Labute approximate surface area is 200 Å². The Balaban J connectivity index is 1.41. The highest BCUT2D eigenvalue weighted by Crippen LogP contribution is 2.41. The average molecular weight is 485 g/mol. The number of sulfonamides is 1. The maximum atomic E-state index is 13.0. The van der Waals surface area contributed by atoms with Crippen LogP contribution in [-0.2, 0) is 35.0 Å². The van der Waals surface area contributed by atoms with Crippen LogP contribution < -0.4 is 4.90 Å². The first kappa shape index (κ1) is 22.7. The summed E-state index contributed by atoms with van der Waals surface area (Å²) in [5, 5.41) is 1.22. The van der Waals surface area contributed by atoms with E-state index in [1.54, 1.807) is 4.31 Å². The lowest BCUT2D eigenvalue weighted by Gasteiger charge is -2.35. The van der Waals surface area contributed by atoms with E-state index >= 15 is 0 Å². The molecule has 1 fully saturated rings. The van der Waals surface area contributed by atoms with E-state index in [2.05, 4.69) is 18.7 Å². The van der Waals surface area contributed by atoms with Crippen LogP contribution in [0.3, 0.4) is 0 Å². The minimum Gasteiger partial charge on any atom is -0.353 e. The molecule has 1 aromatic carbocycles. The molecule has 0 bridgehead atoms. The molecule has 33 heavy (non-hydrogen) atoms. The molecule has 6 nitrogen and oxygen atoms in total. The number of aromatic nitrogens is 2. The second-order valence-corrected chi connectivity index (χ2v) is 12.4. The van der Waals surface area contributed by atoms with Crippen molar-refractivity contribution in [3.63, 3.8) is 0 Å². The third kappa shape index (κ3) is 4.66. The van der Waals surface area contributed by atoms with E-state index in [0.29, 0.717) is 26.2 Å². The Bertz CT molecular complexity index is 1230. The number of thiophene rings is 1. The van der Waals surface area contributed by atoms with Crippen molar-refractivity contribution < 1.29 is 8.42 Å². The number of piperazine rings is 1. The van der Waals surface area contributed by atoms with Crippen LogP contribution in [0.5, 0.6) is 0 Å². The fourth-order valence-corrected chi connectivity index (χ4v) is 7.90. The van der Waals surface area contributed by atoms with Gasteiger partial charge in [-0.1, -0.05) is 44.2 Å². The lowest BCUT2D eigenvalue weighted by molar-refractivity contribution is 0.383. The van der Waals surface area contributed by atoms with Gasteiger partial charge < -0.3 is 4.90 Å². The van der Waals surface area contributed by atoms with Crippen LogP contribution in [0, 0.1) is 5.92 Å². The molecule has 3 heterocycles. The Morgan fingerprint density at radius 1 is 1.09 bits per heavy atom. The van der Waals surface area contributed by atoms with Gasteiger partial charge in [-0.3, -0.25) is 0 Å². The minimum absolute atomic E-state index is 0.0580. The van der Waals surface area contributed by atoms with Gasteiger partial charge in [-0.2, -0.15) is 4.31 Å². The second-order valence-electron chi connectivity index (χ2n) is 9.37. The van der Waals surface area contributed by atoms with Gasteiger partial charge in [0, 0.05) is 37.5 Å². The fraction of sp³-hybridized carbons (Fsp3) is 0.520. The van der Waals surface area contributed by atoms with Crippen molar-refractivity contribution in [1.29, 1.82) is 0 Å². The highest BCUT2D eigenvalue weighted by molar-refractivity contribution is 7.88. The molecule has 1 atom stereocenters. The number of anilines is 1. The molecule has 5 rings (SSSR count). The predicted octanol–water partition coefficient (Wildman–Crippen LogP) is 4.42. The van der Waals surface area contributed by atoms with Crippen LogP contribution in [0.4, 0.5) is 5.82 Å². The van der Waals surface area contributed by atoms with Crippen LogP contribution in [0.2, 0.25) is 0 Å². The fourth-order valence-electron chi connectivity index (χ4n) is 4.98. The number of benzene rings is 1. The topological polar surface area (TPSA) is 66.4 Å². The molecule has 2 aromatic heterocycles. The molecule has 0 N–H and O–H groups in total. The lowest BCUT2D eigenvalue weighted by atomic mass is 9.89. The summed E-state index contributed by atoms with van der Waals surface area (Å²) in [7, 11) is -3.33. The molecule has 3 aromatic rings. The van der Waals surface area contributed by atoms with E-state index in [0.717, 1.165) is 53.6 Å². The van der Waals surface area contributed by atoms with Crippen molar-refractivity contribution in [2.45, 2.75) is 51.7 Å². The Hall–Kier alpha value is -2.03. The number of hydrogen-bond donors (Lipinski definition) is 0. The summed E-state index contributed by atoms with van der Waals surface area (Å²) < 4.78 is 27.7. The van der Waals surface area contributed by atoms with Crippen molar-refractivity contribution in [1.82, 2.24) is 14.3 Å². The van der Waals surface area contributed by atoms with E-state index in [1.807, 2.05) is 41.7 Å². The summed E-state index contributed by atoms with van der Waals surface area (Å²) in [6.07, 6.45) is 5.31. The lowest BCUT2D eigenvalue weighted by Crippen LogP contribution is -2.49. The highest BCUT2D eigenvalue weighted by atomic mass is 32.2. The molecule has 2 aliphatic rings. The van der Waals surface area contributed by atoms with E-state index in [4.69, 9.17) is 9.97 Å². The van der Waals surface area contributed by atoms with Crippen LogP contribution in [-0.4, -0.2) is 48.9 Å². The quantitative estimate of drug-likeness (QED) is 0.518.